The number of aliphatic hydroxyl groups excluding tert-OH is 2. The van der Waals surface area contributed by atoms with Crippen molar-refractivity contribution in [1.29, 1.82) is 0 Å². The summed E-state index contributed by atoms with van der Waals surface area (Å²) in [7, 11) is 1.68. The molecule has 2 N–H and O–H groups in total. The molecule has 1 atom stereocenters. The second kappa shape index (κ2) is 4.88. The van der Waals surface area contributed by atoms with Crippen LogP contribution in [0.4, 0.5) is 0 Å². The summed E-state index contributed by atoms with van der Waals surface area (Å²) in [6.07, 6.45) is 1.07. The van der Waals surface area contributed by atoms with Gasteiger partial charge in [-0.05, 0) is 18.1 Å². The van der Waals surface area contributed by atoms with Crippen molar-refractivity contribution in [2.45, 2.75) is 25.4 Å². The van der Waals surface area contributed by atoms with E-state index in [9.17, 15) is 5.11 Å². The lowest BCUT2D eigenvalue weighted by atomic mass is 10.1. The molecule has 0 radical (unpaired) electrons. The lowest BCUT2D eigenvalue weighted by Gasteiger charge is -2.05. The molecule has 6 nitrogen and oxygen atoms in total. The van der Waals surface area contributed by atoms with E-state index < -0.39 is 6.10 Å². The molecule has 0 aliphatic carbocycles. The molecule has 1 heterocycles. The first kappa shape index (κ1) is 10.1. The Morgan fingerprint density at radius 1 is 1.54 bits per heavy atom. The van der Waals surface area contributed by atoms with Gasteiger partial charge in [-0.3, -0.25) is 0 Å². The number of aliphatic hydroxyl groups is 2. The van der Waals surface area contributed by atoms with Crippen LogP contribution in [-0.4, -0.2) is 43.1 Å². The zero-order valence-corrected chi connectivity index (χ0v) is 7.59. The fourth-order valence-corrected chi connectivity index (χ4v) is 1.04. The Kier molecular flexibility index (Phi) is 3.78. The van der Waals surface area contributed by atoms with E-state index in [1.807, 2.05) is 0 Å². The summed E-state index contributed by atoms with van der Waals surface area (Å²) >= 11 is 0. The highest BCUT2D eigenvalue weighted by molar-refractivity contribution is 4.80. The molecule has 0 fully saturated rings. The van der Waals surface area contributed by atoms with Crippen LogP contribution in [0.1, 0.15) is 18.7 Å². The largest absolute Gasteiger partial charge is 0.396 e. The standard InChI is InChI=1S/C7H14N4O2/c1-11-9-7(8-10-11)5-6(13)3-2-4-12/h6,12-13H,2-5H2,1H3. The van der Waals surface area contributed by atoms with Crippen LogP contribution >= 0.6 is 0 Å². The van der Waals surface area contributed by atoms with Gasteiger partial charge in [0.15, 0.2) is 5.82 Å². The number of tetrazole rings is 1. The zero-order valence-electron chi connectivity index (χ0n) is 7.59. The van der Waals surface area contributed by atoms with Gasteiger partial charge >= 0.3 is 0 Å². The van der Waals surface area contributed by atoms with Crippen LogP contribution in [0.15, 0.2) is 0 Å². The van der Waals surface area contributed by atoms with Crippen molar-refractivity contribution in [3.8, 4) is 0 Å². The van der Waals surface area contributed by atoms with E-state index in [0.29, 0.717) is 25.1 Å². The molecule has 0 saturated carbocycles. The summed E-state index contributed by atoms with van der Waals surface area (Å²) in [5, 5.41) is 29.3. The fraction of sp³-hybridized carbons (Fsp3) is 0.857. The molecule has 0 aliphatic heterocycles. The third-order valence-electron chi connectivity index (χ3n) is 1.66. The number of aromatic nitrogens is 4. The lowest BCUT2D eigenvalue weighted by molar-refractivity contribution is 0.148. The Bertz CT molecular complexity index is 250. The summed E-state index contributed by atoms with van der Waals surface area (Å²) in [5.74, 6) is 0.535. The van der Waals surface area contributed by atoms with Crippen molar-refractivity contribution >= 4 is 0 Å². The molecule has 1 aromatic heterocycles. The molecule has 0 bridgehead atoms. The molecular weight excluding hydrogens is 172 g/mol. The summed E-state index contributed by atoms with van der Waals surface area (Å²) in [4.78, 5) is 1.36. The molecule has 1 aromatic rings. The molecular formula is C7H14N4O2. The monoisotopic (exact) mass is 186 g/mol. The van der Waals surface area contributed by atoms with E-state index in [2.05, 4.69) is 15.4 Å². The van der Waals surface area contributed by atoms with Gasteiger partial charge in [-0.2, -0.15) is 4.80 Å². The van der Waals surface area contributed by atoms with Crippen LogP contribution < -0.4 is 0 Å². The average Bonchev–Trinajstić information content (AvgIpc) is 2.48. The predicted octanol–water partition coefficient (Wildman–Crippen LogP) is -1.11. The van der Waals surface area contributed by atoms with Crippen LogP contribution in [0.2, 0.25) is 0 Å². The number of aryl methyl sites for hydroxylation is 1. The summed E-state index contributed by atoms with van der Waals surface area (Å²) in [5.41, 5.74) is 0. The smallest absolute Gasteiger partial charge is 0.177 e. The maximum absolute atomic E-state index is 9.41. The molecule has 13 heavy (non-hydrogen) atoms. The minimum absolute atomic E-state index is 0.102. The highest BCUT2D eigenvalue weighted by Gasteiger charge is 2.08. The molecule has 0 spiro atoms. The highest BCUT2D eigenvalue weighted by Crippen LogP contribution is 2.01. The number of hydrogen-bond donors (Lipinski definition) is 2. The van der Waals surface area contributed by atoms with Crippen LogP contribution in [0.3, 0.4) is 0 Å². The average molecular weight is 186 g/mol. The van der Waals surface area contributed by atoms with Crippen LogP contribution in [-0.2, 0) is 13.5 Å². The molecule has 0 aromatic carbocycles. The minimum atomic E-state index is -0.489. The van der Waals surface area contributed by atoms with E-state index >= 15 is 0 Å². The van der Waals surface area contributed by atoms with Crippen molar-refractivity contribution in [2.75, 3.05) is 6.61 Å². The van der Waals surface area contributed by atoms with Crippen molar-refractivity contribution in [3.63, 3.8) is 0 Å². The second-order valence-corrected chi connectivity index (χ2v) is 2.92. The van der Waals surface area contributed by atoms with E-state index in [-0.39, 0.29) is 6.61 Å². The molecule has 6 heteroatoms. The van der Waals surface area contributed by atoms with Gasteiger partial charge in [0.2, 0.25) is 0 Å². The van der Waals surface area contributed by atoms with E-state index in [4.69, 9.17) is 5.11 Å². The Hall–Kier alpha value is -1.01. The number of nitrogens with zero attached hydrogens (tertiary/aromatic N) is 4. The van der Waals surface area contributed by atoms with Crippen molar-refractivity contribution in [1.82, 2.24) is 20.2 Å². The van der Waals surface area contributed by atoms with Gasteiger partial charge in [0.1, 0.15) is 0 Å². The maximum atomic E-state index is 9.41. The number of rotatable bonds is 5. The molecule has 1 rings (SSSR count). The van der Waals surface area contributed by atoms with Crippen molar-refractivity contribution in [3.05, 3.63) is 5.82 Å². The Balaban J connectivity index is 2.31. The van der Waals surface area contributed by atoms with Gasteiger partial charge in [-0.15, -0.1) is 10.2 Å². The topological polar surface area (TPSA) is 84.1 Å². The summed E-state index contributed by atoms with van der Waals surface area (Å²) < 4.78 is 0. The van der Waals surface area contributed by atoms with E-state index in [1.165, 1.54) is 4.80 Å². The van der Waals surface area contributed by atoms with Crippen LogP contribution in [0.25, 0.3) is 0 Å². The maximum Gasteiger partial charge on any atom is 0.177 e. The molecule has 74 valence electrons. The van der Waals surface area contributed by atoms with E-state index in [1.54, 1.807) is 7.05 Å². The fourth-order valence-electron chi connectivity index (χ4n) is 1.04. The SMILES string of the molecule is Cn1nnc(CC(O)CCCO)n1. The third kappa shape index (κ3) is 3.47. The van der Waals surface area contributed by atoms with Crippen molar-refractivity contribution < 1.29 is 10.2 Å². The van der Waals surface area contributed by atoms with Crippen LogP contribution in [0.5, 0.6) is 0 Å². The van der Waals surface area contributed by atoms with E-state index in [0.717, 1.165) is 0 Å². The van der Waals surface area contributed by atoms with Gasteiger partial charge < -0.3 is 10.2 Å². The lowest BCUT2D eigenvalue weighted by Crippen LogP contribution is -2.12. The minimum Gasteiger partial charge on any atom is -0.396 e. The Labute approximate surface area is 76.2 Å². The highest BCUT2D eigenvalue weighted by atomic mass is 16.3. The zero-order chi connectivity index (χ0) is 9.68. The Morgan fingerprint density at radius 3 is 2.85 bits per heavy atom. The van der Waals surface area contributed by atoms with Gasteiger partial charge in [0, 0.05) is 13.0 Å². The first-order valence-corrected chi connectivity index (χ1v) is 4.24. The molecule has 0 aliphatic rings. The molecule has 0 amide bonds. The predicted molar refractivity (Wildman–Crippen MR) is 44.8 cm³/mol. The van der Waals surface area contributed by atoms with Crippen LogP contribution in [0, 0.1) is 0 Å². The van der Waals surface area contributed by atoms with Gasteiger partial charge in [0.25, 0.3) is 0 Å². The number of hydrogen-bond acceptors (Lipinski definition) is 5. The van der Waals surface area contributed by atoms with Gasteiger partial charge in [-0.1, -0.05) is 0 Å². The third-order valence-corrected chi connectivity index (χ3v) is 1.66. The normalized spacial score (nSPS) is 13.2. The second-order valence-electron chi connectivity index (χ2n) is 2.92. The van der Waals surface area contributed by atoms with Gasteiger partial charge in [-0.25, -0.2) is 0 Å². The van der Waals surface area contributed by atoms with Gasteiger partial charge in [0.05, 0.1) is 13.2 Å². The first-order chi connectivity index (χ1) is 6.22. The Morgan fingerprint density at radius 2 is 2.31 bits per heavy atom. The van der Waals surface area contributed by atoms with Crippen molar-refractivity contribution in [2.24, 2.45) is 7.05 Å². The summed E-state index contributed by atoms with van der Waals surface area (Å²) in [6.45, 7) is 0.102. The molecule has 0 saturated heterocycles. The first-order valence-electron chi connectivity index (χ1n) is 4.24. The molecule has 1 unspecified atom stereocenters. The summed E-state index contributed by atoms with van der Waals surface area (Å²) in [6, 6.07) is 0. The quantitative estimate of drug-likeness (QED) is 0.609.